The van der Waals surface area contributed by atoms with Crippen molar-refractivity contribution in [3.8, 4) is 16.9 Å². The summed E-state index contributed by atoms with van der Waals surface area (Å²) in [6.45, 7) is 0. The fourth-order valence-electron chi connectivity index (χ4n) is 3.18. The first-order chi connectivity index (χ1) is 11.3. The smallest absolute Gasteiger partial charge is 0.132 e. The van der Waals surface area contributed by atoms with Gasteiger partial charge >= 0.3 is 0 Å². The Morgan fingerprint density at radius 2 is 1.35 bits per heavy atom. The largest absolute Gasteiger partial charge is 0.507 e. The van der Waals surface area contributed by atoms with Crippen molar-refractivity contribution in [3.05, 3.63) is 78.4 Å². The Bertz CT molecular complexity index is 1040. The lowest BCUT2D eigenvalue weighted by Crippen LogP contribution is -1.90. The van der Waals surface area contributed by atoms with E-state index in [0.717, 1.165) is 32.7 Å². The quantitative estimate of drug-likeness (QED) is 0.480. The van der Waals surface area contributed by atoms with Gasteiger partial charge in [0.15, 0.2) is 0 Å². The second-order valence-electron chi connectivity index (χ2n) is 5.58. The zero-order valence-electron chi connectivity index (χ0n) is 12.5. The molecule has 0 aliphatic carbocycles. The summed E-state index contributed by atoms with van der Waals surface area (Å²) in [5.74, 6) is 0.162. The average molecular weight is 297 g/mol. The first-order valence-corrected chi connectivity index (χ1v) is 7.53. The number of nitrogens with one attached hydrogen (secondary N) is 1. The summed E-state index contributed by atoms with van der Waals surface area (Å²) in [5.41, 5.74) is 2.31. The van der Waals surface area contributed by atoms with E-state index in [2.05, 4.69) is 18.2 Å². The van der Waals surface area contributed by atoms with Gasteiger partial charge in [0.25, 0.3) is 0 Å². The maximum absolute atomic E-state index is 10.7. The van der Waals surface area contributed by atoms with Gasteiger partial charge in [0, 0.05) is 17.3 Å². The molecule has 0 spiro atoms. The van der Waals surface area contributed by atoms with Crippen LogP contribution in [0.3, 0.4) is 0 Å². The molecule has 2 heteroatoms. The van der Waals surface area contributed by atoms with Crippen molar-refractivity contribution < 1.29 is 5.11 Å². The van der Waals surface area contributed by atoms with Crippen LogP contribution in [0.1, 0.15) is 5.56 Å². The standard InChI is InChI=1S/C21H15NO/c22-13-20-17-10-4-2-7-15(17)12-19(21(20)23)18-11-5-8-14-6-1-3-9-16(14)18/h1-13,22-23H. The van der Waals surface area contributed by atoms with E-state index in [1.54, 1.807) is 0 Å². The highest BCUT2D eigenvalue weighted by atomic mass is 16.3. The number of aromatic hydroxyl groups is 1. The molecule has 0 atom stereocenters. The molecule has 0 aromatic heterocycles. The summed E-state index contributed by atoms with van der Waals surface area (Å²) in [6, 6.07) is 24.0. The van der Waals surface area contributed by atoms with Crippen molar-refractivity contribution in [2.75, 3.05) is 0 Å². The Hall–Kier alpha value is -3.13. The van der Waals surface area contributed by atoms with E-state index < -0.39 is 0 Å². The molecule has 2 nitrogen and oxygen atoms in total. The highest BCUT2D eigenvalue weighted by Crippen LogP contribution is 2.39. The minimum atomic E-state index is 0.162. The zero-order valence-corrected chi connectivity index (χ0v) is 12.5. The molecule has 0 aliphatic heterocycles. The van der Waals surface area contributed by atoms with E-state index in [9.17, 15) is 5.11 Å². The van der Waals surface area contributed by atoms with Crippen LogP contribution in [-0.4, -0.2) is 11.3 Å². The second-order valence-corrected chi connectivity index (χ2v) is 5.58. The Labute approximate surface area is 134 Å². The molecular formula is C21H15NO. The van der Waals surface area contributed by atoms with Crippen molar-refractivity contribution in [1.29, 1.82) is 5.41 Å². The van der Waals surface area contributed by atoms with Gasteiger partial charge in [0.1, 0.15) is 5.75 Å². The molecule has 0 amide bonds. The van der Waals surface area contributed by atoms with Gasteiger partial charge in [0.05, 0.1) is 0 Å². The van der Waals surface area contributed by atoms with Crippen molar-refractivity contribution in [1.82, 2.24) is 0 Å². The third-order valence-electron chi connectivity index (χ3n) is 4.29. The number of fused-ring (bicyclic) bond motifs is 2. The van der Waals surface area contributed by atoms with E-state index in [-0.39, 0.29) is 5.75 Å². The van der Waals surface area contributed by atoms with Crippen LogP contribution < -0.4 is 0 Å². The van der Waals surface area contributed by atoms with Crippen LogP contribution in [0.4, 0.5) is 0 Å². The predicted molar refractivity (Wildman–Crippen MR) is 96.4 cm³/mol. The molecule has 0 saturated carbocycles. The number of benzene rings is 4. The summed E-state index contributed by atoms with van der Waals surface area (Å²) in [7, 11) is 0. The van der Waals surface area contributed by atoms with Crippen molar-refractivity contribution in [3.63, 3.8) is 0 Å². The first kappa shape index (κ1) is 13.5. The number of rotatable bonds is 2. The summed E-state index contributed by atoms with van der Waals surface area (Å²) in [4.78, 5) is 0. The predicted octanol–water partition coefficient (Wildman–Crippen LogP) is 5.36. The number of hydrogen-bond acceptors (Lipinski definition) is 2. The topological polar surface area (TPSA) is 44.1 Å². The van der Waals surface area contributed by atoms with E-state index in [4.69, 9.17) is 5.41 Å². The molecule has 2 N–H and O–H groups in total. The molecule has 0 bridgehead atoms. The SMILES string of the molecule is N=Cc1c(O)c(-c2cccc3ccccc23)cc2ccccc12. The summed E-state index contributed by atoms with van der Waals surface area (Å²) < 4.78 is 0. The fourth-order valence-corrected chi connectivity index (χ4v) is 3.18. The lowest BCUT2D eigenvalue weighted by Gasteiger charge is -2.13. The number of phenols is 1. The Balaban J connectivity index is 2.13. The molecule has 4 rings (SSSR count). The van der Waals surface area contributed by atoms with Gasteiger partial charge in [-0.3, -0.25) is 0 Å². The monoisotopic (exact) mass is 297 g/mol. The van der Waals surface area contributed by atoms with Crippen LogP contribution in [0, 0.1) is 5.41 Å². The van der Waals surface area contributed by atoms with Crippen LogP contribution in [0.2, 0.25) is 0 Å². The lowest BCUT2D eigenvalue weighted by atomic mass is 9.92. The molecule has 4 aromatic rings. The average Bonchev–Trinajstić information content (AvgIpc) is 2.61. The minimum Gasteiger partial charge on any atom is -0.507 e. The molecular weight excluding hydrogens is 282 g/mol. The molecule has 0 fully saturated rings. The van der Waals surface area contributed by atoms with E-state index in [0.29, 0.717) is 5.56 Å². The summed E-state index contributed by atoms with van der Waals surface area (Å²) >= 11 is 0. The maximum atomic E-state index is 10.7. The summed E-state index contributed by atoms with van der Waals surface area (Å²) in [5, 5.41) is 22.6. The van der Waals surface area contributed by atoms with Gasteiger partial charge in [-0.05, 0) is 33.2 Å². The van der Waals surface area contributed by atoms with E-state index in [1.807, 2.05) is 54.6 Å². The zero-order chi connectivity index (χ0) is 15.8. The van der Waals surface area contributed by atoms with Gasteiger partial charge < -0.3 is 10.5 Å². The molecule has 0 unspecified atom stereocenters. The fraction of sp³-hybridized carbons (Fsp3) is 0. The van der Waals surface area contributed by atoms with Crippen molar-refractivity contribution in [2.24, 2.45) is 0 Å². The van der Waals surface area contributed by atoms with Gasteiger partial charge in [-0.25, -0.2) is 0 Å². The Morgan fingerprint density at radius 3 is 2.13 bits per heavy atom. The number of phenolic OH excluding ortho intramolecular Hbond substituents is 1. The van der Waals surface area contributed by atoms with Crippen LogP contribution >= 0.6 is 0 Å². The van der Waals surface area contributed by atoms with E-state index >= 15 is 0 Å². The first-order valence-electron chi connectivity index (χ1n) is 7.53. The third kappa shape index (κ3) is 2.08. The van der Waals surface area contributed by atoms with Gasteiger partial charge in [0.2, 0.25) is 0 Å². The van der Waals surface area contributed by atoms with Crippen LogP contribution in [0.5, 0.6) is 5.75 Å². The molecule has 0 saturated heterocycles. The number of hydrogen-bond donors (Lipinski definition) is 2. The van der Waals surface area contributed by atoms with Crippen molar-refractivity contribution in [2.45, 2.75) is 0 Å². The minimum absolute atomic E-state index is 0.162. The highest BCUT2D eigenvalue weighted by molar-refractivity contribution is 6.08. The molecule has 0 aliphatic rings. The maximum Gasteiger partial charge on any atom is 0.132 e. The van der Waals surface area contributed by atoms with Crippen LogP contribution in [0.25, 0.3) is 32.7 Å². The normalized spacial score (nSPS) is 11.0. The Morgan fingerprint density at radius 1 is 0.696 bits per heavy atom. The van der Waals surface area contributed by atoms with Gasteiger partial charge in [-0.2, -0.15) is 0 Å². The van der Waals surface area contributed by atoms with Gasteiger partial charge in [-0.15, -0.1) is 0 Å². The molecule has 0 radical (unpaired) electrons. The lowest BCUT2D eigenvalue weighted by molar-refractivity contribution is 0.477. The van der Waals surface area contributed by atoms with E-state index in [1.165, 1.54) is 6.21 Å². The molecule has 0 heterocycles. The third-order valence-corrected chi connectivity index (χ3v) is 4.29. The van der Waals surface area contributed by atoms with Crippen molar-refractivity contribution >= 4 is 27.8 Å². The second kappa shape index (κ2) is 5.25. The summed E-state index contributed by atoms with van der Waals surface area (Å²) in [6.07, 6.45) is 1.23. The molecule has 23 heavy (non-hydrogen) atoms. The Kier molecular flexibility index (Phi) is 3.09. The highest BCUT2D eigenvalue weighted by Gasteiger charge is 2.14. The molecule has 4 aromatic carbocycles. The molecule has 110 valence electrons. The van der Waals surface area contributed by atoms with Crippen LogP contribution in [-0.2, 0) is 0 Å². The van der Waals surface area contributed by atoms with Gasteiger partial charge in [-0.1, -0.05) is 66.7 Å². The van der Waals surface area contributed by atoms with Crippen LogP contribution in [0.15, 0.2) is 72.8 Å².